The van der Waals surface area contributed by atoms with Gasteiger partial charge in [0.15, 0.2) is 15.7 Å². The molecule has 0 bridgehead atoms. The second-order valence-electron chi connectivity index (χ2n) is 4.25. The molecule has 1 aromatic heterocycles. The molecule has 1 heterocycles. The van der Waals surface area contributed by atoms with Crippen molar-refractivity contribution in [3.8, 4) is 0 Å². The van der Waals surface area contributed by atoms with E-state index < -0.39 is 9.84 Å². The number of nitrogens with two attached hydrogens (primary N) is 1. The van der Waals surface area contributed by atoms with Crippen molar-refractivity contribution in [3.63, 3.8) is 0 Å². The highest BCUT2D eigenvalue weighted by Crippen LogP contribution is 2.32. The lowest BCUT2D eigenvalue weighted by Gasteiger charge is -2.08. The van der Waals surface area contributed by atoms with Gasteiger partial charge < -0.3 is 16.4 Å². The first-order chi connectivity index (χ1) is 9.42. The van der Waals surface area contributed by atoms with E-state index in [4.69, 9.17) is 5.73 Å². The van der Waals surface area contributed by atoms with Gasteiger partial charge in [-0.25, -0.2) is 8.42 Å². The molecular weight excluding hydrogens is 300 g/mol. The van der Waals surface area contributed by atoms with Gasteiger partial charge in [-0.15, -0.1) is 0 Å². The van der Waals surface area contributed by atoms with Crippen LogP contribution in [0.4, 0.5) is 10.8 Å². The number of anilines is 2. The fourth-order valence-electron chi connectivity index (χ4n) is 1.57. The summed E-state index contributed by atoms with van der Waals surface area (Å²) in [6, 6.07) is 0. The summed E-state index contributed by atoms with van der Waals surface area (Å²) >= 11 is 0.949. The summed E-state index contributed by atoms with van der Waals surface area (Å²) in [6.07, 6.45) is 1.34. The van der Waals surface area contributed by atoms with E-state index in [9.17, 15) is 13.2 Å². The van der Waals surface area contributed by atoms with Crippen LogP contribution >= 0.6 is 11.5 Å². The molecule has 7 nitrogen and oxygen atoms in total. The van der Waals surface area contributed by atoms with Crippen LogP contribution in [0.5, 0.6) is 0 Å². The number of hydrogen-bond acceptors (Lipinski definition) is 7. The second kappa shape index (κ2) is 7.44. The zero-order valence-corrected chi connectivity index (χ0v) is 13.2. The van der Waals surface area contributed by atoms with Crippen molar-refractivity contribution in [2.24, 2.45) is 0 Å². The van der Waals surface area contributed by atoms with Crippen LogP contribution in [0.25, 0.3) is 0 Å². The van der Waals surface area contributed by atoms with E-state index >= 15 is 0 Å². The van der Waals surface area contributed by atoms with Gasteiger partial charge in [0.05, 0.1) is 12.3 Å². The summed E-state index contributed by atoms with van der Waals surface area (Å²) in [5.41, 5.74) is 5.62. The lowest BCUT2D eigenvalue weighted by atomic mass is 10.4. The van der Waals surface area contributed by atoms with Gasteiger partial charge in [-0.05, 0) is 24.4 Å². The molecule has 0 unspecified atom stereocenters. The maximum Gasteiger partial charge on any atom is 0.239 e. The van der Waals surface area contributed by atoms with Crippen molar-refractivity contribution in [2.45, 2.75) is 31.6 Å². The van der Waals surface area contributed by atoms with Crippen LogP contribution in [0, 0.1) is 0 Å². The molecule has 4 N–H and O–H groups in total. The molecule has 0 aliphatic heterocycles. The summed E-state index contributed by atoms with van der Waals surface area (Å²) in [5, 5.41) is 5.81. The SMILES string of the molecule is CCCNC(=O)CNc1snc(N)c1S(=O)(=O)CCC. The van der Waals surface area contributed by atoms with Crippen LogP contribution in [0.1, 0.15) is 26.7 Å². The third-order valence-electron chi connectivity index (χ3n) is 2.44. The number of nitrogens with one attached hydrogen (secondary N) is 2. The predicted molar refractivity (Wildman–Crippen MR) is 80.7 cm³/mol. The number of hydrogen-bond donors (Lipinski definition) is 3. The predicted octanol–water partition coefficient (Wildman–Crippen LogP) is 0.847. The van der Waals surface area contributed by atoms with Crippen LogP contribution in [-0.4, -0.2) is 37.5 Å². The molecular formula is C11H20N4O3S2. The molecule has 0 atom stereocenters. The van der Waals surface area contributed by atoms with E-state index in [-0.39, 0.29) is 28.9 Å². The zero-order valence-electron chi connectivity index (χ0n) is 11.6. The Morgan fingerprint density at radius 2 is 2.05 bits per heavy atom. The van der Waals surface area contributed by atoms with Gasteiger partial charge in [0.2, 0.25) is 5.91 Å². The van der Waals surface area contributed by atoms with Gasteiger partial charge in [0.1, 0.15) is 9.90 Å². The highest BCUT2D eigenvalue weighted by atomic mass is 32.2. The van der Waals surface area contributed by atoms with E-state index in [2.05, 4.69) is 15.0 Å². The lowest BCUT2D eigenvalue weighted by Crippen LogP contribution is -2.30. The molecule has 1 amide bonds. The van der Waals surface area contributed by atoms with E-state index in [0.717, 1.165) is 18.0 Å². The first kappa shape index (κ1) is 16.7. The summed E-state index contributed by atoms with van der Waals surface area (Å²) in [7, 11) is -3.46. The zero-order chi connectivity index (χ0) is 15.2. The number of aromatic nitrogens is 1. The van der Waals surface area contributed by atoms with Crippen molar-refractivity contribution in [2.75, 3.05) is 29.9 Å². The van der Waals surface area contributed by atoms with Gasteiger partial charge in [-0.1, -0.05) is 13.8 Å². The number of carbonyl (C=O) groups is 1. The molecule has 0 aliphatic rings. The molecule has 1 aromatic rings. The van der Waals surface area contributed by atoms with E-state index in [1.54, 1.807) is 6.92 Å². The van der Waals surface area contributed by atoms with Crippen LogP contribution in [0.15, 0.2) is 4.90 Å². The third-order valence-corrected chi connectivity index (χ3v) is 5.37. The Labute approximate surface area is 123 Å². The Morgan fingerprint density at radius 1 is 1.35 bits per heavy atom. The van der Waals surface area contributed by atoms with Gasteiger partial charge in [0.25, 0.3) is 0 Å². The third kappa shape index (κ3) is 4.34. The highest BCUT2D eigenvalue weighted by molar-refractivity contribution is 7.91. The first-order valence-corrected chi connectivity index (χ1v) is 8.83. The second-order valence-corrected chi connectivity index (χ2v) is 7.07. The molecule has 0 radical (unpaired) electrons. The number of sulfone groups is 1. The van der Waals surface area contributed by atoms with Crippen LogP contribution in [-0.2, 0) is 14.6 Å². The van der Waals surface area contributed by atoms with Crippen LogP contribution < -0.4 is 16.4 Å². The maximum atomic E-state index is 12.1. The molecule has 0 fully saturated rings. The number of nitrogens with zero attached hydrogens (tertiary/aromatic N) is 1. The normalized spacial score (nSPS) is 11.3. The number of rotatable bonds is 8. The van der Waals surface area contributed by atoms with E-state index in [1.165, 1.54) is 0 Å². The van der Waals surface area contributed by atoms with Crippen LogP contribution in [0.3, 0.4) is 0 Å². The summed E-state index contributed by atoms with van der Waals surface area (Å²) in [6.45, 7) is 4.31. The minimum Gasteiger partial charge on any atom is -0.382 e. The van der Waals surface area contributed by atoms with Gasteiger partial charge in [0, 0.05) is 6.54 Å². The maximum absolute atomic E-state index is 12.1. The first-order valence-electron chi connectivity index (χ1n) is 6.40. The van der Waals surface area contributed by atoms with Gasteiger partial charge in [-0.2, -0.15) is 4.37 Å². The van der Waals surface area contributed by atoms with Crippen molar-refractivity contribution >= 4 is 38.1 Å². The fourth-order valence-corrected chi connectivity index (χ4v) is 4.18. The average Bonchev–Trinajstić information content (AvgIpc) is 2.75. The summed E-state index contributed by atoms with van der Waals surface area (Å²) < 4.78 is 28.0. The smallest absolute Gasteiger partial charge is 0.239 e. The highest BCUT2D eigenvalue weighted by Gasteiger charge is 2.24. The monoisotopic (exact) mass is 320 g/mol. The largest absolute Gasteiger partial charge is 0.382 e. The minimum atomic E-state index is -3.46. The Bertz CT molecular complexity index is 554. The molecule has 0 saturated heterocycles. The Morgan fingerprint density at radius 3 is 2.65 bits per heavy atom. The molecule has 20 heavy (non-hydrogen) atoms. The van der Waals surface area contributed by atoms with Crippen molar-refractivity contribution in [1.82, 2.24) is 9.69 Å². The topological polar surface area (TPSA) is 114 Å². The lowest BCUT2D eigenvalue weighted by molar-refractivity contribution is -0.119. The molecule has 0 saturated carbocycles. The van der Waals surface area contributed by atoms with Crippen molar-refractivity contribution < 1.29 is 13.2 Å². The molecule has 0 spiro atoms. The van der Waals surface area contributed by atoms with E-state index in [0.29, 0.717) is 18.0 Å². The molecule has 0 aliphatic carbocycles. The van der Waals surface area contributed by atoms with Crippen molar-refractivity contribution in [3.05, 3.63) is 0 Å². The Balaban J connectivity index is 2.80. The number of carbonyl (C=O) groups excluding carboxylic acids is 1. The van der Waals surface area contributed by atoms with Crippen molar-refractivity contribution in [1.29, 1.82) is 0 Å². The number of nitrogen functional groups attached to an aromatic ring is 1. The summed E-state index contributed by atoms with van der Waals surface area (Å²) in [5.74, 6) is -0.204. The van der Waals surface area contributed by atoms with Gasteiger partial charge >= 0.3 is 0 Å². The minimum absolute atomic E-state index is 0.00369. The summed E-state index contributed by atoms with van der Waals surface area (Å²) in [4.78, 5) is 11.5. The van der Waals surface area contributed by atoms with Gasteiger partial charge in [-0.3, -0.25) is 4.79 Å². The molecule has 9 heteroatoms. The van der Waals surface area contributed by atoms with Crippen LogP contribution in [0.2, 0.25) is 0 Å². The Hall–Kier alpha value is -1.35. The average molecular weight is 320 g/mol. The Kier molecular flexibility index (Phi) is 6.21. The number of amides is 1. The quantitative estimate of drug-likeness (QED) is 0.654. The molecule has 0 aromatic carbocycles. The molecule has 1 rings (SSSR count). The molecule has 114 valence electrons. The standard InChI is InChI=1S/C11H20N4O3S2/c1-3-5-13-8(16)7-14-11-9(10(12)15-19-11)20(17,18)6-4-2/h14H,3-7H2,1-2H3,(H2,12,15)(H,13,16). The fraction of sp³-hybridized carbons (Fsp3) is 0.636. The van der Waals surface area contributed by atoms with E-state index in [1.807, 2.05) is 6.92 Å².